The van der Waals surface area contributed by atoms with Crippen LogP contribution in [0, 0.1) is 0 Å². The van der Waals surface area contributed by atoms with E-state index < -0.39 is 10.1 Å². The van der Waals surface area contributed by atoms with Crippen LogP contribution in [0.15, 0.2) is 47.5 Å². The van der Waals surface area contributed by atoms with Crippen molar-refractivity contribution >= 4 is 27.2 Å². The molecule has 0 spiro atoms. The van der Waals surface area contributed by atoms with Gasteiger partial charge >= 0.3 is 10.1 Å². The Balaban J connectivity index is 2.37. The van der Waals surface area contributed by atoms with Crippen LogP contribution in [0.3, 0.4) is 0 Å². The second-order valence-corrected chi connectivity index (χ2v) is 5.20. The average molecular weight is 267 g/mol. The van der Waals surface area contributed by atoms with Crippen molar-refractivity contribution < 1.29 is 13.0 Å². The summed E-state index contributed by atoms with van der Waals surface area (Å²) in [4.78, 5) is 3.07. The summed E-state index contributed by atoms with van der Waals surface area (Å²) in [6.07, 6.45) is 0. The monoisotopic (exact) mass is 267 g/mol. The fourth-order valence-corrected chi connectivity index (χ4v) is 2.14. The zero-order valence-corrected chi connectivity index (χ0v) is 10.3. The van der Waals surface area contributed by atoms with Crippen LogP contribution in [-0.4, -0.2) is 22.8 Å². The average Bonchev–Trinajstić information content (AvgIpc) is 2.78. The molecule has 17 heavy (non-hydrogen) atoms. The molecule has 0 aliphatic rings. The molecule has 6 heteroatoms. The molecule has 1 aromatic carbocycles. The summed E-state index contributed by atoms with van der Waals surface area (Å²) in [6, 6.07) is 12.0. The fourth-order valence-electron chi connectivity index (χ4n) is 1.40. The lowest BCUT2D eigenvalue weighted by Gasteiger charge is -2.00. The molecule has 2 N–H and O–H groups in total. The Morgan fingerprint density at radius 3 is 2.29 bits per heavy atom. The Kier molecular flexibility index (Phi) is 3.10. The second kappa shape index (κ2) is 4.40. The number of hydrogen-bond donors (Lipinski definition) is 2. The largest absolute Gasteiger partial charge is 0.343 e. The van der Waals surface area contributed by atoms with Gasteiger partial charge in [0.25, 0.3) is 0 Å². The highest BCUT2D eigenvalue weighted by atomic mass is 32.2. The zero-order valence-electron chi connectivity index (χ0n) is 8.62. The van der Waals surface area contributed by atoms with E-state index in [1.807, 2.05) is 30.3 Å². The highest BCUT2D eigenvalue weighted by Crippen LogP contribution is 2.13. The third kappa shape index (κ3) is 2.60. The Bertz CT molecular complexity index is 644. The third-order valence-electron chi connectivity index (χ3n) is 2.22. The van der Waals surface area contributed by atoms with Crippen molar-refractivity contribution in [2.45, 2.75) is 5.03 Å². The minimum atomic E-state index is -4.21. The topological polar surface area (TPSA) is 70.2 Å². The van der Waals surface area contributed by atoms with Crippen molar-refractivity contribution in [2.24, 2.45) is 0 Å². The van der Waals surface area contributed by atoms with E-state index in [4.69, 9.17) is 16.8 Å². The number of hydrogen-bond acceptors (Lipinski definition) is 3. The number of thiocarbonyl (C=S) groups is 1. The molecule has 0 amide bonds. The maximum absolute atomic E-state index is 10.9. The van der Waals surface area contributed by atoms with Gasteiger partial charge in [-0.1, -0.05) is 42.5 Å². The molecule has 0 unspecified atom stereocenters. The quantitative estimate of drug-likeness (QED) is 0.507. The van der Waals surface area contributed by atoms with E-state index in [1.165, 1.54) is 12.1 Å². The maximum Gasteiger partial charge on any atom is 0.310 e. The minimum Gasteiger partial charge on any atom is -0.343 e. The first-order valence-corrected chi connectivity index (χ1v) is 6.59. The van der Waals surface area contributed by atoms with E-state index in [-0.39, 0.29) is 5.03 Å². The molecule has 1 aromatic heterocycles. The van der Waals surface area contributed by atoms with Crippen LogP contribution >= 0.6 is 12.2 Å². The van der Waals surface area contributed by atoms with E-state index in [0.717, 1.165) is 5.56 Å². The van der Waals surface area contributed by atoms with Crippen LogP contribution < -0.4 is 0 Å². The van der Waals surface area contributed by atoms with Crippen LogP contribution in [0.4, 0.5) is 0 Å². The summed E-state index contributed by atoms with van der Waals surface area (Å²) in [5, 5.41) is -0.259. The van der Waals surface area contributed by atoms with Gasteiger partial charge in [0.1, 0.15) is 0 Å². The first kappa shape index (κ1) is 12.0. The number of aromatic nitrogens is 1. The van der Waals surface area contributed by atoms with Crippen molar-refractivity contribution in [2.75, 3.05) is 0 Å². The Morgan fingerprint density at radius 1 is 1.12 bits per heavy atom. The number of H-pyrrole nitrogens is 1. The van der Waals surface area contributed by atoms with Gasteiger partial charge in [0.15, 0.2) is 5.03 Å². The molecule has 0 atom stereocenters. The predicted octanol–water partition coefficient (Wildman–Crippen LogP) is 2.03. The van der Waals surface area contributed by atoms with E-state index >= 15 is 0 Å². The Labute approximate surface area is 104 Å². The van der Waals surface area contributed by atoms with Crippen molar-refractivity contribution in [3.8, 4) is 0 Å². The van der Waals surface area contributed by atoms with E-state index in [1.54, 1.807) is 0 Å². The standard InChI is InChI=1S/C11H9NO3S2/c13-17(14,15)10-7-6-9(12-10)11(16)8-4-2-1-3-5-8/h1-7,12H,(H,13,14,15). The molecule has 88 valence electrons. The lowest BCUT2D eigenvalue weighted by Crippen LogP contribution is -2.02. The molecule has 0 saturated carbocycles. The van der Waals surface area contributed by atoms with Gasteiger partial charge in [0.05, 0.1) is 10.6 Å². The number of rotatable bonds is 3. The van der Waals surface area contributed by atoms with Gasteiger partial charge in [-0.25, -0.2) is 0 Å². The molecular formula is C11H9NO3S2. The Hall–Kier alpha value is -1.50. The zero-order chi connectivity index (χ0) is 12.5. The van der Waals surface area contributed by atoms with Gasteiger partial charge < -0.3 is 4.98 Å². The van der Waals surface area contributed by atoms with E-state index in [0.29, 0.717) is 10.6 Å². The van der Waals surface area contributed by atoms with Crippen LogP contribution in [0.2, 0.25) is 0 Å². The van der Waals surface area contributed by atoms with E-state index in [9.17, 15) is 8.42 Å². The van der Waals surface area contributed by atoms with Gasteiger partial charge in [0, 0.05) is 0 Å². The SMILES string of the molecule is O=S(=O)(O)c1ccc(C(=S)c2ccccc2)[nH]1. The van der Waals surface area contributed by atoms with Crippen LogP contribution in [-0.2, 0) is 10.1 Å². The molecule has 1 heterocycles. The summed E-state index contributed by atoms with van der Waals surface area (Å²) >= 11 is 5.22. The van der Waals surface area contributed by atoms with Gasteiger partial charge in [-0.05, 0) is 17.7 Å². The third-order valence-corrected chi connectivity index (χ3v) is 3.47. The molecule has 2 aromatic rings. The highest BCUT2D eigenvalue weighted by molar-refractivity contribution is 7.85. The summed E-state index contributed by atoms with van der Waals surface area (Å²) in [7, 11) is -4.21. The van der Waals surface area contributed by atoms with Gasteiger partial charge in [-0.15, -0.1) is 0 Å². The first-order valence-electron chi connectivity index (χ1n) is 4.75. The minimum absolute atomic E-state index is 0.259. The smallest absolute Gasteiger partial charge is 0.310 e. The highest BCUT2D eigenvalue weighted by Gasteiger charge is 2.14. The lowest BCUT2D eigenvalue weighted by atomic mass is 10.1. The molecule has 4 nitrogen and oxygen atoms in total. The molecule has 0 aliphatic heterocycles. The van der Waals surface area contributed by atoms with Crippen molar-refractivity contribution in [3.05, 3.63) is 53.7 Å². The van der Waals surface area contributed by atoms with Crippen LogP contribution in [0.1, 0.15) is 11.3 Å². The van der Waals surface area contributed by atoms with Gasteiger partial charge in [-0.2, -0.15) is 8.42 Å². The molecule has 0 radical (unpaired) electrons. The van der Waals surface area contributed by atoms with Gasteiger partial charge in [0.2, 0.25) is 0 Å². The number of benzene rings is 1. The Morgan fingerprint density at radius 2 is 1.76 bits per heavy atom. The number of nitrogens with one attached hydrogen (secondary N) is 1. The predicted molar refractivity (Wildman–Crippen MR) is 67.9 cm³/mol. The molecule has 0 fully saturated rings. The maximum atomic E-state index is 10.9. The number of aromatic amines is 1. The van der Waals surface area contributed by atoms with Gasteiger partial charge in [-0.3, -0.25) is 4.55 Å². The first-order chi connectivity index (χ1) is 7.98. The van der Waals surface area contributed by atoms with Crippen LogP contribution in [0.25, 0.3) is 0 Å². The molecular weight excluding hydrogens is 258 g/mol. The summed E-state index contributed by atoms with van der Waals surface area (Å²) < 4.78 is 30.6. The summed E-state index contributed by atoms with van der Waals surface area (Å²) in [5.41, 5.74) is 1.30. The lowest BCUT2D eigenvalue weighted by molar-refractivity contribution is 0.480. The molecule has 2 rings (SSSR count). The summed E-state index contributed by atoms with van der Waals surface area (Å²) in [5.74, 6) is 0. The normalized spacial score (nSPS) is 11.4. The second-order valence-electron chi connectivity index (χ2n) is 3.41. The fraction of sp³-hybridized carbons (Fsp3) is 0. The van der Waals surface area contributed by atoms with Crippen molar-refractivity contribution in [1.29, 1.82) is 0 Å². The van der Waals surface area contributed by atoms with E-state index in [2.05, 4.69) is 4.98 Å². The van der Waals surface area contributed by atoms with Crippen LogP contribution in [0.5, 0.6) is 0 Å². The van der Waals surface area contributed by atoms with Crippen molar-refractivity contribution in [3.63, 3.8) is 0 Å². The molecule has 0 bridgehead atoms. The molecule has 0 saturated heterocycles. The summed E-state index contributed by atoms with van der Waals surface area (Å²) in [6.45, 7) is 0. The molecule has 0 aliphatic carbocycles. The van der Waals surface area contributed by atoms with Crippen molar-refractivity contribution in [1.82, 2.24) is 4.98 Å².